The summed E-state index contributed by atoms with van der Waals surface area (Å²) >= 11 is 0. The highest BCUT2D eigenvalue weighted by molar-refractivity contribution is 5.93. The van der Waals surface area contributed by atoms with E-state index in [1.807, 2.05) is 38.1 Å². The van der Waals surface area contributed by atoms with Crippen LogP contribution in [0.25, 0.3) is 11.1 Å². The standard InChI is InChI=1S/C16H20N2O2/c1-10(2)12-5-7-13(8-6-12)14-9-18(11(3)4)17-15(14)16(19)20/h5-11H,1-4H3,(H,19,20). The van der Waals surface area contributed by atoms with Crippen LogP contribution in [0.5, 0.6) is 0 Å². The lowest BCUT2D eigenvalue weighted by atomic mass is 9.99. The monoisotopic (exact) mass is 272 g/mol. The molecule has 0 unspecified atom stereocenters. The van der Waals surface area contributed by atoms with Crippen LogP contribution < -0.4 is 0 Å². The predicted octanol–water partition coefficient (Wildman–Crippen LogP) is 3.95. The second-order valence-electron chi connectivity index (χ2n) is 5.55. The maximum absolute atomic E-state index is 11.3. The van der Waals surface area contributed by atoms with Crippen molar-refractivity contribution in [2.24, 2.45) is 0 Å². The van der Waals surface area contributed by atoms with Crippen molar-refractivity contribution in [3.05, 3.63) is 41.7 Å². The number of aromatic carboxylic acids is 1. The Morgan fingerprint density at radius 1 is 1.15 bits per heavy atom. The molecule has 0 aliphatic heterocycles. The molecule has 1 heterocycles. The number of carbonyl (C=O) groups is 1. The van der Waals surface area contributed by atoms with Gasteiger partial charge in [0, 0.05) is 17.8 Å². The molecule has 0 radical (unpaired) electrons. The summed E-state index contributed by atoms with van der Waals surface area (Å²) in [7, 11) is 0. The van der Waals surface area contributed by atoms with Crippen LogP contribution in [0.1, 0.15) is 55.7 Å². The third kappa shape index (κ3) is 2.74. The first kappa shape index (κ1) is 14.3. The van der Waals surface area contributed by atoms with E-state index in [-0.39, 0.29) is 11.7 Å². The van der Waals surface area contributed by atoms with E-state index >= 15 is 0 Å². The minimum atomic E-state index is -0.993. The minimum Gasteiger partial charge on any atom is -0.476 e. The molecule has 0 bridgehead atoms. The molecule has 0 saturated heterocycles. The zero-order valence-corrected chi connectivity index (χ0v) is 12.3. The highest BCUT2D eigenvalue weighted by atomic mass is 16.4. The van der Waals surface area contributed by atoms with Gasteiger partial charge in [-0.25, -0.2) is 4.79 Å². The fraction of sp³-hybridized carbons (Fsp3) is 0.375. The number of rotatable bonds is 4. The van der Waals surface area contributed by atoms with E-state index in [0.29, 0.717) is 11.5 Å². The molecule has 20 heavy (non-hydrogen) atoms. The van der Waals surface area contributed by atoms with Crippen molar-refractivity contribution in [1.29, 1.82) is 0 Å². The smallest absolute Gasteiger partial charge is 0.357 e. The maximum Gasteiger partial charge on any atom is 0.357 e. The summed E-state index contributed by atoms with van der Waals surface area (Å²) in [6.07, 6.45) is 1.80. The molecule has 0 amide bonds. The average molecular weight is 272 g/mol. The molecular weight excluding hydrogens is 252 g/mol. The Labute approximate surface area is 119 Å². The van der Waals surface area contributed by atoms with Crippen LogP contribution >= 0.6 is 0 Å². The van der Waals surface area contributed by atoms with Gasteiger partial charge in [-0.1, -0.05) is 38.1 Å². The van der Waals surface area contributed by atoms with E-state index in [0.717, 1.165) is 5.56 Å². The fourth-order valence-corrected chi connectivity index (χ4v) is 2.07. The van der Waals surface area contributed by atoms with Crippen LogP contribution in [0, 0.1) is 0 Å². The topological polar surface area (TPSA) is 55.1 Å². The Kier molecular flexibility index (Phi) is 3.93. The SMILES string of the molecule is CC(C)c1ccc(-c2cn(C(C)C)nc2C(=O)O)cc1. The quantitative estimate of drug-likeness (QED) is 0.916. The summed E-state index contributed by atoms with van der Waals surface area (Å²) in [4.78, 5) is 11.3. The van der Waals surface area contributed by atoms with Crippen molar-refractivity contribution in [3.63, 3.8) is 0 Å². The lowest BCUT2D eigenvalue weighted by Crippen LogP contribution is -2.04. The number of hydrogen-bond donors (Lipinski definition) is 1. The van der Waals surface area contributed by atoms with Crippen LogP contribution in [0.4, 0.5) is 0 Å². The molecule has 0 spiro atoms. The molecule has 4 nitrogen and oxygen atoms in total. The zero-order chi connectivity index (χ0) is 14.9. The summed E-state index contributed by atoms with van der Waals surface area (Å²) in [6.45, 7) is 8.22. The van der Waals surface area contributed by atoms with Crippen molar-refractivity contribution in [1.82, 2.24) is 9.78 Å². The summed E-state index contributed by atoms with van der Waals surface area (Å²) < 4.78 is 1.69. The van der Waals surface area contributed by atoms with Crippen LogP contribution in [0.2, 0.25) is 0 Å². The van der Waals surface area contributed by atoms with Crippen LogP contribution in [-0.2, 0) is 0 Å². The molecule has 0 saturated carbocycles. The largest absolute Gasteiger partial charge is 0.476 e. The fourth-order valence-electron chi connectivity index (χ4n) is 2.07. The Balaban J connectivity index is 2.48. The molecule has 1 N–H and O–H groups in total. The molecule has 0 atom stereocenters. The van der Waals surface area contributed by atoms with Crippen LogP contribution in [-0.4, -0.2) is 20.9 Å². The van der Waals surface area contributed by atoms with Gasteiger partial charge in [0.05, 0.1) is 0 Å². The van der Waals surface area contributed by atoms with E-state index in [1.54, 1.807) is 10.9 Å². The van der Waals surface area contributed by atoms with E-state index < -0.39 is 5.97 Å². The highest BCUT2D eigenvalue weighted by Crippen LogP contribution is 2.26. The van der Waals surface area contributed by atoms with E-state index in [2.05, 4.69) is 18.9 Å². The maximum atomic E-state index is 11.3. The molecule has 0 fully saturated rings. The van der Waals surface area contributed by atoms with Gasteiger partial charge in [-0.2, -0.15) is 5.10 Å². The first-order valence-electron chi connectivity index (χ1n) is 6.83. The second kappa shape index (κ2) is 5.49. The molecule has 2 rings (SSSR count). The zero-order valence-electron chi connectivity index (χ0n) is 12.3. The molecule has 1 aromatic carbocycles. The second-order valence-corrected chi connectivity index (χ2v) is 5.55. The van der Waals surface area contributed by atoms with E-state index in [9.17, 15) is 9.90 Å². The van der Waals surface area contributed by atoms with Gasteiger partial charge >= 0.3 is 5.97 Å². The number of carboxylic acid groups (broad SMARTS) is 1. The first-order valence-corrected chi connectivity index (χ1v) is 6.83. The summed E-state index contributed by atoms with van der Waals surface area (Å²) in [5, 5.41) is 13.4. The van der Waals surface area contributed by atoms with Crippen molar-refractivity contribution in [2.75, 3.05) is 0 Å². The Morgan fingerprint density at radius 3 is 2.20 bits per heavy atom. The van der Waals surface area contributed by atoms with Gasteiger partial charge in [-0.3, -0.25) is 4.68 Å². The number of carboxylic acids is 1. The summed E-state index contributed by atoms with van der Waals surface area (Å²) in [5.74, 6) is -0.534. The molecule has 2 aromatic rings. The molecule has 0 aliphatic rings. The number of aromatic nitrogens is 2. The van der Waals surface area contributed by atoms with Gasteiger partial charge in [-0.15, -0.1) is 0 Å². The van der Waals surface area contributed by atoms with Crippen LogP contribution in [0.15, 0.2) is 30.5 Å². The predicted molar refractivity (Wildman–Crippen MR) is 79.1 cm³/mol. The molecule has 4 heteroatoms. The van der Waals surface area contributed by atoms with Crippen molar-refractivity contribution < 1.29 is 9.90 Å². The van der Waals surface area contributed by atoms with Crippen molar-refractivity contribution in [2.45, 2.75) is 39.7 Å². The average Bonchev–Trinajstić information content (AvgIpc) is 2.84. The molecule has 0 aliphatic carbocycles. The molecular formula is C16H20N2O2. The number of hydrogen-bond acceptors (Lipinski definition) is 2. The van der Waals surface area contributed by atoms with Gasteiger partial charge in [0.15, 0.2) is 5.69 Å². The van der Waals surface area contributed by atoms with E-state index in [1.165, 1.54) is 5.56 Å². The van der Waals surface area contributed by atoms with Gasteiger partial charge in [0.1, 0.15) is 0 Å². The summed E-state index contributed by atoms with van der Waals surface area (Å²) in [6, 6.07) is 8.14. The third-order valence-corrected chi connectivity index (χ3v) is 3.35. The van der Waals surface area contributed by atoms with Crippen LogP contribution in [0.3, 0.4) is 0 Å². The first-order chi connectivity index (χ1) is 9.40. The van der Waals surface area contributed by atoms with Crippen molar-refractivity contribution >= 4 is 5.97 Å². The Morgan fingerprint density at radius 2 is 1.75 bits per heavy atom. The van der Waals surface area contributed by atoms with Gasteiger partial charge in [0.2, 0.25) is 0 Å². The summed E-state index contributed by atoms with van der Waals surface area (Å²) in [5.41, 5.74) is 2.90. The Bertz CT molecular complexity index is 610. The van der Waals surface area contributed by atoms with Gasteiger partial charge in [0.25, 0.3) is 0 Å². The third-order valence-electron chi connectivity index (χ3n) is 3.35. The Hall–Kier alpha value is -2.10. The lowest BCUT2D eigenvalue weighted by Gasteiger charge is -2.06. The highest BCUT2D eigenvalue weighted by Gasteiger charge is 2.18. The number of nitrogens with zero attached hydrogens (tertiary/aromatic N) is 2. The number of benzene rings is 1. The van der Waals surface area contributed by atoms with E-state index in [4.69, 9.17) is 0 Å². The molecule has 106 valence electrons. The van der Waals surface area contributed by atoms with Gasteiger partial charge < -0.3 is 5.11 Å². The normalized spacial score (nSPS) is 11.3. The lowest BCUT2D eigenvalue weighted by molar-refractivity contribution is 0.0690. The van der Waals surface area contributed by atoms with Crippen molar-refractivity contribution in [3.8, 4) is 11.1 Å². The van der Waals surface area contributed by atoms with Gasteiger partial charge in [-0.05, 0) is 30.9 Å². The molecule has 1 aromatic heterocycles. The minimum absolute atomic E-state index is 0.107.